The molecule has 1 aromatic carbocycles. The van der Waals surface area contributed by atoms with Crippen LogP contribution in [0.3, 0.4) is 0 Å². The van der Waals surface area contributed by atoms with Crippen LogP contribution in [0.25, 0.3) is 0 Å². The van der Waals surface area contributed by atoms with Crippen LogP contribution in [0.2, 0.25) is 0 Å². The Morgan fingerprint density at radius 2 is 2.29 bits per heavy atom. The minimum atomic E-state index is -0.407. The number of benzene rings is 1. The number of nitrogens with zero attached hydrogens (tertiary/aromatic N) is 2. The molecule has 0 aliphatic heterocycles. The number of non-ortho nitro benzene ring substituents is 1. The molecular weight excluding hydrogens is 266 g/mol. The first-order chi connectivity index (χ1) is 9.98. The van der Waals surface area contributed by atoms with Gasteiger partial charge in [0.25, 0.3) is 5.69 Å². The topological polar surface area (TPSA) is 67.5 Å². The van der Waals surface area contributed by atoms with Crippen LogP contribution < -0.4 is 5.43 Å². The van der Waals surface area contributed by atoms with Gasteiger partial charge in [0, 0.05) is 12.1 Å². The largest absolute Gasteiger partial charge is 0.278 e. The summed E-state index contributed by atoms with van der Waals surface area (Å²) < 4.78 is 0. The molecule has 110 valence electrons. The molecule has 2 atom stereocenters. The van der Waals surface area contributed by atoms with Gasteiger partial charge in [-0.3, -0.25) is 15.5 Å². The van der Waals surface area contributed by atoms with E-state index in [1.807, 2.05) is 6.21 Å². The Labute approximate surface area is 123 Å². The van der Waals surface area contributed by atoms with Gasteiger partial charge in [-0.15, -0.1) is 0 Å². The van der Waals surface area contributed by atoms with Crippen LogP contribution in [-0.2, 0) is 0 Å². The molecule has 0 saturated heterocycles. The maximum Gasteiger partial charge on any atom is 0.271 e. The number of fused-ring (bicyclic) bond motifs is 1. The zero-order valence-corrected chi connectivity index (χ0v) is 12.2. The fourth-order valence-electron chi connectivity index (χ4n) is 3.42. The van der Waals surface area contributed by atoms with E-state index in [2.05, 4.69) is 30.5 Å². The number of nitro groups is 1. The lowest BCUT2D eigenvalue weighted by Crippen LogP contribution is -2.48. The minimum absolute atomic E-state index is 0.0649. The number of rotatable bonds is 4. The van der Waals surface area contributed by atoms with E-state index in [0.717, 1.165) is 12.3 Å². The third-order valence-corrected chi connectivity index (χ3v) is 4.98. The predicted octanol–water partition coefficient (Wildman–Crippen LogP) is 3.98. The summed E-state index contributed by atoms with van der Waals surface area (Å²) >= 11 is 0. The van der Waals surface area contributed by atoms with E-state index < -0.39 is 4.92 Å². The van der Waals surface area contributed by atoms with Crippen molar-refractivity contribution in [2.45, 2.75) is 26.7 Å². The van der Waals surface area contributed by atoms with Gasteiger partial charge in [0.1, 0.15) is 0 Å². The standard InChI is InChI=1S/C16H19N3O2/c1-16(2)12-7-6-11(15(16)8-12)10-17-18-13-4-3-5-14(9-13)19(20)21/h3-6,9-10,12,15,18H,7-8H2,1-2H3/b17-10+. The van der Waals surface area contributed by atoms with Gasteiger partial charge >= 0.3 is 0 Å². The number of hydrazone groups is 1. The Bertz CT molecular complexity index is 634. The average molecular weight is 285 g/mol. The van der Waals surface area contributed by atoms with Crippen LogP contribution in [0, 0.1) is 27.4 Å². The van der Waals surface area contributed by atoms with E-state index in [4.69, 9.17) is 0 Å². The van der Waals surface area contributed by atoms with Gasteiger partial charge in [-0.2, -0.15) is 5.10 Å². The van der Waals surface area contributed by atoms with Gasteiger partial charge in [-0.1, -0.05) is 26.0 Å². The molecule has 0 spiro atoms. The summed E-state index contributed by atoms with van der Waals surface area (Å²) in [4.78, 5) is 10.3. The number of hydrogen-bond donors (Lipinski definition) is 1. The monoisotopic (exact) mass is 285 g/mol. The molecule has 1 fully saturated rings. The fourth-order valence-corrected chi connectivity index (χ4v) is 3.42. The van der Waals surface area contributed by atoms with E-state index in [-0.39, 0.29) is 5.69 Å². The predicted molar refractivity (Wildman–Crippen MR) is 83.3 cm³/mol. The maximum absolute atomic E-state index is 10.7. The van der Waals surface area contributed by atoms with E-state index >= 15 is 0 Å². The number of nitrogens with one attached hydrogen (secondary N) is 1. The van der Waals surface area contributed by atoms with Crippen LogP contribution in [-0.4, -0.2) is 11.1 Å². The Morgan fingerprint density at radius 3 is 2.95 bits per heavy atom. The third kappa shape index (κ3) is 2.44. The number of anilines is 1. The second-order valence-electron chi connectivity index (χ2n) is 6.42. The highest BCUT2D eigenvalue weighted by Gasteiger charge is 2.50. The molecule has 0 aromatic heterocycles. The van der Waals surface area contributed by atoms with Crippen LogP contribution in [0.4, 0.5) is 11.4 Å². The van der Waals surface area contributed by atoms with Gasteiger partial charge < -0.3 is 0 Å². The quantitative estimate of drug-likeness (QED) is 0.517. The maximum atomic E-state index is 10.7. The van der Waals surface area contributed by atoms with Gasteiger partial charge in [0.2, 0.25) is 0 Å². The molecule has 3 aliphatic carbocycles. The van der Waals surface area contributed by atoms with E-state index in [0.29, 0.717) is 17.0 Å². The summed E-state index contributed by atoms with van der Waals surface area (Å²) in [6.07, 6.45) is 6.51. The molecule has 21 heavy (non-hydrogen) atoms. The molecule has 0 amide bonds. The molecule has 1 N–H and O–H groups in total. The van der Waals surface area contributed by atoms with Crippen molar-refractivity contribution in [1.82, 2.24) is 0 Å². The van der Waals surface area contributed by atoms with Crippen molar-refractivity contribution < 1.29 is 4.92 Å². The lowest BCUT2D eigenvalue weighted by molar-refractivity contribution is -0.384. The average Bonchev–Trinajstić information content (AvgIpc) is 2.47. The van der Waals surface area contributed by atoms with Gasteiger partial charge in [-0.05, 0) is 41.7 Å². The van der Waals surface area contributed by atoms with Crippen molar-refractivity contribution in [3.63, 3.8) is 0 Å². The molecule has 0 radical (unpaired) electrons. The molecule has 5 heteroatoms. The Kier molecular flexibility index (Phi) is 3.27. The number of hydrogen-bond acceptors (Lipinski definition) is 4. The summed E-state index contributed by atoms with van der Waals surface area (Å²) in [5.74, 6) is 1.40. The second-order valence-corrected chi connectivity index (χ2v) is 6.42. The summed E-state index contributed by atoms with van der Waals surface area (Å²) in [6.45, 7) is 4.64. The van der Waals surface area contributed by atoms with Crippen molar-refractivity contribution in [3.8, 4) is 0 Å². The first-order valence-corrected chi connectivity index (χ1v) is 7.22. The lowest BCUT2D eigenvalue weighted by atomic mass is 9.49. The van der Waals surface area contributed by atoms with Crippen LogP contribution in [0.1, 0.15) is 26.7 Å². The molecule has 1 aromatic rings. The van der Waals surface area contributed by atoms with Crippen LogP contribution in [0.5, 0.6) is 0 Å². The lowest BCUT2D eigenvalue weighted by Gasteiger charge is -2.55. The molecule has 3 aliphatic rings. The molecule has 1 saturated carbocycles. The number of nitro benzene ring substituents is 1. The summed E-state index contributed by atoms with van der Waals surface area (Å²) in [7, 11) is 0. The first-order valence-electron chi connectivity index (χ1n) is 7.22. The highest BCUT2D eigenvalue weighted by atomic mass is 16.6. The Hall–Kier alpha value is -2.17. The smallest absolute Gasteiger partial charge is 0.271 e. The molecule has 5 nitrogen and oxygen atoms in total. The Morgan fingerprint density at radius 1 is 1.48 bits per heavy atom. The number of allylic oxidation sites excluding steroid dienone is 2. The van der Waals surface area contributed by atoms with Gasteiger partial charge in [0.15, 0.2) is 0 Å². The molecule has 2 unspecified atom stereocenters. The fraction of sp³-hybridized carbons (Fsp3) is 0.438. The van der Waals surface area contributed by atoms with Gasteiger partial charge in [0.05, 0.1) is 16.8 Å². The molecular formula is C16H19N3O2. The van der Waals surface area contributed by atoms with E-state index in [1.165, 1.54) is 24.1 Å². The molecule has 0 heterocycles. The highest BCUT2D eigenvalue weighted by molar-refractivity contribution is 5.81. The van der Waals surface area contributed by atoms with Crippen molar-refractivity contribution in [3.05, 3.63) is 46.0 Å². The van der Waals surface area contributed by atoms with Crippen LogP contribution >= 0.6 is 0 Å². The van der Waals surface area contributed by atoms with Gasteiger partial charge in [-0.25, -0.2) is 0 Å². The molecule has 2 bridgehead atoms. The first kappa shape index (κ1) is 13.8. The minimum Gasteiger partial charge on any atom is -0.278 e. The highest BCUT2D eigenvalue weighted by Crippen LogP contribution is 2.58. The normalized spacial score (nSPS) is 26.1. The summed E-state index contributed by atoms with van der Waals surface area (Å²) in [6, 6.07) is 6.36. The zero-order chi connectivity index (χ0) is 15.0. The van der Waals surface area contributed by atoms with Crippen molar-refractivity contribution in [1.29, 1.82) is 0 Å². The van der Waals surface area contributed by atoms with Crippen LogP contribution in [0.15, 0.2) is 41.0 Å². The van der Waals surface area contributed by atoms with Crippen molar-refractivity contribution in [2.24, 2.45) is 22.4 Å². The van der Waals surface area contributed by atoms with E-state index in [1.54, 1.807) is 12.1 Å². The van der Waals surface area contributed by atoms with Crippen molar-refractivity contribution in [2.75, 3.05) is 5.43 Å². The second kappa shape index (κ2) is 4.98. The van der Waals surface area contributed by atoms with Crippen molar-refractivity contribution >= 4 is 17.6 Å². The summed E-state index contributed by atoms with van der Waals surface area (Å²) in [5.41, 5.74) is 5.22. The van der Waals surface area contributed by atoms with E-state index in [9.17, 15) is 10.1 Å². The SMILES string of the molecule is CC1(C)C2CC=C(/C=N/Nc3cccc([N+](=O)[O-])c3)C1C2. The zero-order valence-electron chi connectivity index (χ0n) is 12.2. The third-order valence-electron chi connectivity index (χ3n) is 4.98. The Balaban J connectivity index is 1.67. The summed E-state index contributed by atoms with van der Waals surface area (Å²) in [5, 5.41) is 15.0. The molecule has 4 rings (SSSR count).